The average Bonchev–Trinajstić information content (AvgIpc) is 2.66. The first-order valence-corrected chi connectivity index (χ1v) is 7.61. The van der Waals surface area contributed by atoms with E-state index >= 15 is 0 Å². The number of rotatable bonds is 8. The quantitative estimate of drug-likeness (QED) is 0.544. The van der Waals surface area contributed by atoms with Crippen LogP contribution in [0.3, 0.4) is 0 Å². The molecule has 0 bridgehead atoms. The Balaban J connectivity index is 1.97. The van der Waals surface area contributed by atoms with Crippen LogP contribution in [0.1, 0.15) is 11.1 Å². The maximum atomic E-state index is 12.7. The van der Waals surface area contributed by atoms with Gasteiger partial charge in [0.1, 0.15) is 19.9 Å². The highest BCUT2D eigenvalue weighted by Gasteiger charge is 2.36. The zero-order chi connectivity index (χ0) is 18.1. The van der Waals surface area contributed by atoms with Gasteiger partial charge in [0.05, 0.1) is 0 Å². The molecule has 25 heavy (non-hydrogen) atoms. The molecule has 0 saturated heterocycles. The number of hydrogen-bond donors (Lipinski definition) is 0. The van der Waals surface area contributed by atoms with E-state index in [1.807, 2.05) is 0 Å². The molecule has 0 spiro atoms. The number of carbonyl (C=O) groups excluding carboxylic acids is 3. The lowest BCUT2D eigenvalue weighted by molar-refractivity contribution is -0.166. The summed E-state index contributed by atoms with van der Waals surface area (Å²) in [6.45, 7) is -1.70. The number of ketones is 1. The minimum absolute atomic E-state index is 0.123. The molecule has 0 fully saturated rings. The van der Waals surface area contributed by atoms with Gasteiger partial charge in [-0.1, -0.05) is 60.7 Å². The predicted molar refractivity (Wildman–Crippen MR) is 86.9 cm³/mol. The molecule has 130 valence electrons. The van der Waals surface area contributed by atoms with Crippen molar-refractivity contribution in [2.75, 3.05) is 6.67 Å². The molecule has 6 heteroatoms. The molecule has 0 radical (unpaired) electrons. The van der Waals surface area contributed by atoms with Crippen molar-refractivity contribution in [3.63, 3.8) is 0 Å². The van der Waals surface area contributed by atoms with Crippen LogP contribution in [0.4, 0.5) is 4.39 Å². The highest BCUT2D eigenvalue weighted by atomic mass is 19.1. The molecule has 0 unspecified atom stereocenters. The highest BCUT2D eigenvalue weighted by molar-refractivity contribution is 6.15. The van der Waals surface area contributed by atoms with Crippen LogP contribution < -0.4 is 0 Å². The molecule has 0 atom stereocenters. The molecule has 2 aromatic rings. The van der Waals surface area contributed by atoms with Gasteiger partial charge in [0, 0.05) is 0 Å². The van der Waals surface area contributed by atoms with Crippen LogP contribution in [-0.4, -0.2) is 24.4 Å². The van der Waals surface area contributed by atoms with Crippen molar-refractivity contribution in [1.29, 1.82) is 0 Å². The van der Waals surface area contributed by atoms with Crippen LogP contribution in [0.25, 0.3) is 0 Å². The Morgan fingerprint density at radius 2 is 1.16 bits per heavy atom. The van der Waals surface area contributed by atoms with Crippen LogP contribution in [0, 0.1) is 5.92 Å². The maximum absolute atomic E-state index is 12.7. The van der Waals surface area contributed by atoms with Crippen molar-refractivity contribution in [1.82, 2.24) is 0 Å². The van der Waals surface area contributed by atoms with Gasteiger partial charge in [-0.3, -0.25) is 14.4 Å². The van der Waals surface area contributed by atoms with Crippen molar-refractivity contribution >= 4 is 17.7 Å². The average molecular weight is 344 g/mol. The van der Waals surface area contributed by atoms with E-state index in [2.05, 4.69) is 0 Å². The molecule has 2 aromatic carbocycles. The van der Waals surface area contributed by atoms with Crippen molar-refractivity contribution in [2.24, 2.45) is 5.92 Å². The van der Waals surface area contributed by atoms with Crippen LogP contribution in [-0.2, 0) is 37.1 Å². The van der Waals surface area contributed by atoms with Gasteiger partial charge in [-0.25, -0.2) is 4.39 Å². The summed E-state index contributed by atoms with van der Waals surface area (Å²) in [7, 11) is 0. The monoisotopic (exact) mass is 344 g/mol. The first-order chi connectivity index (χ1) is 12.1. The van der Waals surface area contributed by atoms with Crippen LogP contribution in [0.2, 0.25) is 0 Å². The third-order valence-electron chi connectivity index (χ3n) is 3.37. The SMILES string of the molecule is O=C(CF)C(C(=O)OCc1ccccc1)C(=O)OCc1ccccc1. The molecule has 0 aliphatic heterocycles. The van der Waals surface area contributed by atoms with Gasteiger partial charge in [-0.15, -0.1) is 0 Å². The second kappa shape index (κ2) is 9.32. The topological polar surface area (TPSA) is 69.7 Å². The fourth-order valence-corrected chi connectivity index (χ4v) is 2.06. The van der Waals surface area contributed by atoms with E-state index < -0.39 is 30.3 Å². The number of benzene rings is 2. The predicted octanol–water partition coefficient (Wildman–Crippen LogP) is 2.63. The Morgan fingerprint density at radius 3 is 1.52 bits per heavy atom. The Bertz CT molecular complexity index is 660. The number of hydrogen-bond acceptors (Lipinski definition) is 5. The molecular formula is C19H17FO5. The lowest BCUT2D eigenvalue weighted by atomic mass is 10.1. The maximum Gasteiger partial charge on any atom is 0.328 e. The number of halogens is 1. The second-order valence-corrected chi connectivity index (χ2v) is 5.22. The van der Waals surface area contributed by atoms with Gasteiger partial charge in [0.2, 0.25) is 5.92 Å². The zero-order valence-electron chi connectivity index (χ0n) is 13.4. The number of ether oxygens (including phenoxy) is 2. The van der Waals surface area contributed by atoms with E-state index in [1.165, 1.54) is 0 Å². The summed E-state index contributed by atoms with van der Waals surface area (Å²) in [4.78, 5) is 35.8. The van der Waals surface area contributed by atoms with Gasteiger partial charge < -0.3 is 9.47 Å². The molecule has 0 amide bonds. The Hall–Kier alpha value is -3.02. The van der Waals surface area contributed by atoms with Gasteiger partial charge in [0.25, 0.3) is 0 Å². The lowest BCUT2D eigenvalue weighted by Gasteiger charge is -2.13. The van der Waals surface area contributed by atoms with E-state index in [4.69, 9.17) is 9.47 Å². The summed E-state index contributed by atoms with van der Waals surface area (Å²) in [5, 5.41) is 0. The fraction of sp³-hybridized carbons (Fsp3) is 0.211. The molecule has 0 N–H and O–H groups in total. The number of alkyl halides is 1. The molecule has 0 aliphatic rings. The van der Waals surface area contributed by atoms with Crippen LogP contribution in [0.15, 0.2) is 60.7 Å². The third-order valence-corrected chi connectivity index (χ3v) is 3.37. The van der Waals surface area contributed by atoms with E-state index in [0.717, 1.165) is 0 Å². The standard InChI is InChI=1S/C19H17FO5/c20-11-16(21)17(18(22)24-12-14-7-3-1-4-8-14)19(23)25-13-15-9-5-2-6-10-15/h1-10,17H,11-13H2. The Kier molecular flexibility index (Phi) is 6.83. The normalized spacial score (nSPS) is 10.3. The number of Topliss-reactive ketones (excluding diaryl/α,β-unsaturated/α-hetero) is 1. The van der Waals surface area contributed by atoms with E-state index in [0.29, 0.717) is 11.1 Å². The van der Waals surface area contributed by atoms with Crippen molar-refractivity contribution in [3.8, 4) is 0 Å². The second-order valence-electron chi connectivity index (χ2n) is 5.22. The van der Waals surface area contributed by atoms with Crippen LogP contribution >= 0.6 is 0 Å². The van der Waals surface area contributed by atoms with Gasteiger partial charge in [-0.2, -0.15) is 0 Å². The minimum Gasteiger partial charge on any atom is -0.460 e. The third kappa shape index (κ3) is 5.53. The minimum atomic E-state index is -1.92. The molecular weight excluding hydrogens is 327 g/mol. The van der Waals surface area contributed by atoms with Crippen molar-refractivity contribution in [3.05, 3.63) is 71.8 Å². The van der Waals surface area contributed by atoms with Crippen molar-refractivity contribution in [2.45, 2.75) is 13.2 Å². The summed E-state index contributed by atoms with van der Waals surface area (Å²) in [5.41, 5.74) is 1.36. The zero-order valence-corrected chi connectivity index (χ0v) is 13.4. The molecule has 2 rings (SSSR count). The Labute approximate surface area is 144 Å². The molecule has 0 heterocycles. The highest BCUT2D eigenvalue weighted by Crippen LogP contribution is 2.11. The first-order valence-electron chi connectivity index (χ1n) is 7.61. The van der Waals surface area contributed by atoms with E-state index in [1.54, 1.807) is 60.7 Å². The molecule has 0 saturated carbocycles. The first kappa shape index (κ1) is 18.3. The Morgan fingerprint density at radius 1 is 0.760 bits per heavy atom. The van der Waals surface area contributed by atoms with E-state index in [9.17, 15) is 18.8 Å². The van der Waals surface area contributed by atoms with Gasteiger partial charge >= 0.3 is 11.9 Å². The molecule has 0 aromatic heterocycles. The summed E-state index contributed by atoms with van der Waals surface area (Å²) in [5.74, 6) is -5.34. The van der Waals surface area contributed by atoms with E-state index in [-0.39, 0.29) is 13.2 Å². The number of esters is 2. The number of carbonyl (C=O) groups is 3. The van der Waals surface area contributed by atoms with Crippen LogP contribution in [0.5, 0.6) is 0 Å². The largest absolute Gasteiger partial charge is 0.460 e. The summed E-state index contributed by atoms with van der Waals surface area (Å²) < 4.78 is 22.6. The van der Waals surface area contributed by atoms with Gasteiger partial charge in [-0.05, 0) is 11.1 Å². The van der Waals surface area contributed by atoms with Gasteiger partial charge in [0.15, 0.2) is 5.78 Å². The molecule has 0 aliphatic carbocycles. The molecule has 5 nitrogen and oxygen atoms in total. The summed E-state index contributed by atoms with van der Waals surface area (Å²) >= 11 is 0. The smallest absolute Gasteiger partial charge is 0.328 e. The summed E-state index contributed by atoms with van der Waals surface area (Å²) in [6, 6.07) is 17.5. The summed E-state index contributed by atoms with van der Waals surface area (Å²) in [6.07, 6.45) is 0. The fourth-order valence-electron chi connectivity index (χ4n) is 2.06. The lowest BCUT2D eigenvalue weighted by Crippen LogP contribution is -2.35. The van der Waals surface area contributed by atoms with Crippen molar-refractivity contribution < 1.29 is 28.2 Å².